The number of sulfone groups is 1. The molecule has 0 amide bonds. The van der Waals surface area contributed by atoms with E-state index in [9.17, 15) is 12.8 Å². The minimum Gasteiger partial charge on any atom is -0.309 e. The Kier molecular flexibility index (Phi) is 3.49. The van der Waals surface area contributed by atoms with E-state index in [1.807, 2.05) is 6.92 Å². The summed E-state index contributed by atoms with van der Waals surface area (Å²) in [4.78, 5) is 0. The predicted octanol–water partition coefficient (Wildman–Crippen LogP) is 1.52. The van der Waals surface area contributed by atoms with Gasteiger partial charge >= 0.3 is 0 Å². The van der Waals surface area contributed by atoms with Gasteiger partial charge in [-0.05, 0) is 30.2 Å². The maximum atomic E-state index is 13.1. The zero-order valence-corrected chi connectivity index (χ0v) is 10.5. The number of benzene rings is 1. The van der Waals surface area contributed by atoms with Gasteiger partial charge in [0.1, 0.15) is 5.82 Å². The SMILES string of the molecule is CC1CNC(c2cccc(F)c2)CS(=O)(=O)C1. The van der Waals surface area contributed by atoms with Gasteiger partial charge in [-0.15, -0.1) is 0 Å². The van der Waals surface area contributed by atoms with Gasteiger partial charge in [0.05, 0.1) is 11.5 Å². The molecule has 0 aromatic heterocycles. The summed E-state index contributed by atoms with van der Waals surface area (Å²) in [5.74, 6) is 0.00429. The average Bonchev–Trinajstić information content (AvgIpc) is 2.36. The largest absolute Gasteiger partial charge is 0.309 e. The monoisotopic (exact) mass is 257 g/mol. The third kappa shape index (κ3) is 3.26. The molecule has 2 unspecified atom stereocenters. The lowest BCUT2D eigenvalue weighted by atomic mass is 10.1. The van der Waals surface area contributed by atoms with Gasteiger partial charge in [-0.2, -0.15) is 0 Å². The second-order valence-corrected chi connectivity index (χ2v) is 6.85. The fraction of sp³-hybridized carbons (Fsp3) is 0.500. The van der Waals surface area contributed by atoms with Crippen LogP contribution in [0.1, 0.15) is 18.5 Å². The summed E-state index contributed by atoms with van der Waals surface area (Å²) in [7, 11) is -3.06. The molecule has 3 nitrogen and oxygen atoms in total. The van der Waals surface area contributed by atoms with Crippen molar-refractivity contribution in [1.29, 1.82) is 0 Å². The van der Waals surface area contributed by atoms with E-state index in [1.165, 1.54) is 12.1 Å². The van der Waals surface area contributed by atoms with Gasteiger partial charge in [-0.25, -0.2) is 12.8 Å². The van der Waals surface area contributed by atoms with Crippen molar-refractivity contribution < 1.29 is 12.8 Å². The van der Waals surface area contributed by atoms with Crippen molar-refractivity contribution in [2.24, 2.45) is 5.92 Å². The van der Waals surface area contributed by atoms with E-state index < -0.39 is 9.84 Å². The van der Waals surface area contributed by atoms with Crippen LogP contribution in [0.4, 0.5) is 4.39 Å². The van der Waals surface area contributed by atoms with Crippen LogP contribution in [-0.2, 0) is 9.84 Å². The predicted molar refractivity (Wildman–Crippen MR) is 65.0 cm³/mol. The Labute approximate surface area is 101 Å². The van der Waals surface area contributed by atoms with Crippen LogP contribution in [0.2, 0.25) is 0 Å². The van der Waals surface area contributed by atoms with Gasteiger partial charge in [0, 0.05) is 6.04 Å². The summed E-state index contributed by atoms with van der Waals surface area (Å²) < 4.78 is 36.7. The summed E-state index contributed by atoms with van der Waals surface area (Å²) in [5.41, 5.74) is 0.697. The molecule has 1 fully saturated rings. The molecule has 0 saturated carbocycles. The normalized spacial score (nSPS) is 28.6. The van der Waals surface area contributed by atoms with Crippen LogP contribution in [0.3, 0.4) is 0 Å². The summed E-state index contributed by atoms with van der Waals surface area (Å²) in [6.45, 7) is 2.54. The van der Waals surface area contributed by atoms with Crippen molar-refractivity contribution in [2.75, 3.05) is 18.1 Å². The fourth-order valence-electron chi connectivity index (χ4n) is 2.15. The molecule has 1 aromatic rings. The maximum absolute atomic E-state index is 13.1. The smallest absolute Gasteiger partial charge is 0.152 e. The summed E-state index contributed by atoms with van der Waals surface area (Å²) in [6, 6.07) is 5.81. The minimum atomic E-state index is -3.06. The lowest BCUT2D eigenvalue weighted by molar-refractivity contribution is 0.515. The van der Waals surface area contributed by atoms with Crippen LogP contribution >= 0.6 is 0 Å². The van der Waals surface area contributed by atoms with E-state index in [0.29, 0.717) is 12.1 Å². The molecular weight excluding hydrogens is 241 g/mol. The highest BCUT2D eigenvalue weighted by atomic mass is 32.2. The molecular formula is C12H16FNO2S. The Bertz CT molecular complexity index is 501. The molecule has 17 heavy (non-hydrogen) atoms. The van der Waals surface area contributed by atoms with E-state index in [4.69, 9.17) is 0 Å². The van der Waals surface area contributed by atoms with Crippen LogP contribution < -0.4 is 5.32 Å². The molecule has 1 heterocycles. The van der Waals surface area contributed by atoms with Gasteiger partial charge in [-0.1, -0.05) is 19.1 Å². The molecule has 1 aromatic carbocycles. The average molecular weight is 257 g/mol. The molecule has 0 aliphatic carbocycles. The molecule has 0 spiro atoms. The quantitative estimate of drug-likeness (QED) is 0.829. The van der Waals surface area contributed by atoms with Crippen LogP contribution in [-0.4, -0.2) is 26.5 Å². The van der Waals surface area contributed by atoms with Gasteiger partial charge in [0.25, 0.3) is 0 Å². The zero-order valence-electron chi connectivity index (χ0n) is 9.69. The Morgan fingerprint density at radius 3 is 2.82 bits per heavy atom. The first kappa shape index (κ1) is 12.5. The highest BCUT2D eigenvalue weighted by Gasteiger charge is 2.27. The second kappa shape index (κ2) is 4.74. The Morgan fingerprint density at radius 1 is 1.35 bits per heavy atom. The molecule has 1 saturated heterocycles. The van der Waals surface area contributed by atoms with E-state index >= 15 is 0 Å². The van der Waals surface area contributed by atoms with Crippen molar-refractivity contribution >= 4 is 9.84 Å². The van der Waals surface area contributed by atoms with Gasteiger partial charge in [0.2, 0.25) is 0 Å². The molecule has 1 aliphatic heterocycles. The molecule has 0 bridgehead atoms. The second-order valence-electron chi connectivity index (χ2n) is 4.70. The molecule has 5 heteroatoms. The Balaban J connectivity index is 2.27. The molecule has 94 valence electrons. The van der Waals surface area contributed by atoms with Crippen LogP contribution in [0.5, 0.6) is 0 Å². The van der Waals surface area contributed by atoms with E-state index in [1.54, 1.807) is 12.1 Å². The van der Waals surface area contributed by atoms with Crippen molar-refractivity contribution in [3.8, 4) is 0 Å². The van der Waals surface area contributed by atoms with Crippen LogP contribution in [0.15, 0.2) is 24.3 Å². The fourth-order valence-corrected chi connectivity index (χ4v) is 4.09. The summed E-state index contributed by atoms with van der Waals surface area (Å²) in [5, 5.41) is 3.18. The van der Waals surface area contributed by atoms with Gasteiger partial charge in [-0.3, -0.25) is 0 Å². The maximum Gasteiger partial charge on any atom is 0.152 e. The summed E-state index contributed by atoms with van der Waals surface area (Å²) >= 11 is 0. The van der Waals surface area contributed by atoms with Crippen molar-refractivity contribution in [3.63, 3.8) is 0 Å². The number of nitrogens with one attached hydrogen (secondary N) is 1. The zero-order chi connectivity index (χ0) is 12.5. The highest BCUT2D eigenvalue weighted by molar-refractivity contribution is 7.91. The highest BCUT2D eigenvalue weighted by Crippen LogP contribution is 2.20. The first-order chi connectivity index (χ1) is 7.96. The van der Waals surface area contributed by atoms with Gasteiger partial charge < -0.3 is 5.32 Å². The number of hydrogen-bond donors (Lipinski definition) is 1. The number of rotatable bonds is 1. The molecule has 2 rings (SSSR count). The Hall–Kier alpha value is -0.940. The van der Waals surface area contributed by atoms with Crippen LogP contribution in [0.25, 0.3) is 0 Å². The topological polar surface area (TPSA) is 46.2 Å². The van der Waals surface area contributed by atoms with E-state index in [0.717, 1.165) is 0 Å². The number of halogens is 1. The number of hydrogen-bond acceptors (Lipinski definition) is 3. The van der Waals surface area contributed by atoms with Crippen molar-refractivity contribution in [1.82, 2.24) is 5.32 Å². The van der Waals surface area contributed by atoms with E-state index in [-0.39, 0.29) is 29.3 Å². The lowest BCUT2D eigenvalue weighted by Crippen LogP contribution is -2.26. The van der Waals surface area contributed by atoms with Gasteiger partial charge in [0.15, 0.2) is 9.84 Å². The van der Waals surface area contributed by atoms with Crippen molar-refractivity contribution in [3.05, 3.63) is 35.6 Å². The molecule has 2 atom stereocenters. The first-order valence-corrected chi connectivity index (χ1v) is 7.48. The lowest BCUT2D eigenvalue weighted by Gasteiger charge is -2.16. The third-order valence-electron chi connectivity index (χ3n) is 2.92. The standard InChI is InChI=1S/C12H16FNO2S/c1-9-6-14-12(8-17(15,16)7-9)10-3-2-4-11(13)5-10/h2-5,9,12,14H,6-8H2,1H3. The summed E-state index contributed by atoms with van der Waals surface area (Å²) in [6.07, 6.45) is 0. The van der Waals surface area contributed by atoms with Crippen molar-refractivity contribution in [2.45, 2.75) is 13.0 Å². The minimum absolute atomic E-state index is 0.0425. The van der Waals surface area contributed by atoms with E-state index in [2.05, 4.69) is 5.32 Å². The molecule has 0 radical (unpaired) electrons. The van der Waals surface area contributed by atoms with Crippen LogP contribution in [0, 0.1) is 11.7 Å². The molecule has 1 N–H and O–H groups in total. The third-order valence-corrected chi connectivity index (χ3v) is 4.84. The first-order valence-electron chi connectivity index (χ1n) is 5.65. The Morgan fingerprint density at radius 2 is 2.12 bits per heavy atom. The molecule has 1 aliphatic rings.